The van der Waals surface area contributed by atoms with Crippen molar-refractivity contribution in [3.63, 3.8) is 0 Å². The molecule has 2 aliphatic heterocycles. The van der Waals surface area contributed by atoms with Gasteiger partial charge in [-0.05, 0) is 30.9 Å². The first kappa shape index (κ1) is 16.3. The van der Waals surface area contributed by atoms with Crippen molar-refractivity contribution in [2.45, 2.75) is 31.7 Å². The van der Waals surface area contributed by atoms with Gasteiger partial charge in [0.2, 0.25) is 5.91 Å². The first-order valence-corrected chi connectivity index (χ1v) is 9.20. The standard InChI is InChI=1S/C20H26N4O/c1-14-5-3-6-15(9-14)19-7-4-8-24(19)20(25)18-12-21-11-17(18)16-10-22-23(2)13-16/h3,5-6,9-10,13,17-19,21H,4,7-8,11-12H2,1-2H3/t17-,18+,19?/m1/s1. The molecule has 2 fully saturated rings. The Kier molecular flexibility index (Phi) is 4.34. The number of amides is 1. The molecule has 2 saturated heterocycles. The van der Waals surface area contributed by atoms with E-state index in [4.69, 9.17) is 0 Å². The number of aryl methyl sites for hydroxylation is 2. The van der Waals surface area contributed by atoms with Crippen LogP contribution in [-0.4, -0.2) is 40.2 Å². The lowest BCUT2D eigenvalue weighted by Crippen LogP contribution is -2.38. The Morgan fingerprint density at radius 1 is 1.28 bits per heavy atom. The van der Waals surface area contributed by atoms with Gasteiger partial charge in [-0.3, -0.25) is 9.48 Å². The summed E-state index contributed by atoms with van der Waals surface area (Å²) in [5, 5.41) is 7.70. The predicted octanol–water partition coefficient (Wildman–Crippen LogP) is 2.40. The smallest absolute Gasteiger partial charge is 0.228 e. The first-order chi connectivity index (χ1) is 12.1. The van der Waals surface area contributed by atoms with Gasteiger partial charge < -0.3 is 10.2 Å². The van der Waals surface area contributed by atoms with Crippen LogP contribution >= 0.6 is 0 Å². The quantitative estimate of drug-likeness (QED) is 0.935. The number of aromatic nitrogens is 2. The molecule has 1 aromatic heterocycles. The van der Waals surface area contributed by atoms with Crippen LogP contribution in [0.25, 0.3) is 0 Å². The summed E-state index contributed by atoms with van der Waals surface area (Å²) in [6.45, 7) is 4.60. The maximum atomic E-state index is 13.4. The average molecular weight is 338 g/mol. The topological polar surface area (TPSA) is 50.2 Å². The number of carbonyl (C=O) groups is 1. The van der Waals surface area contributed by atoms with Crippen molar-refractivity contribution in [1.29, 1.82) is 0 Å². The summed E-state index contributed by atoms with van der Waals surface area (Å²) in [5.41, 5.74) is 3.69. The van der Waals surface area contributed by atoms with Gasteiger partial charge >= 0.3 is 0 Å². The molecule has 1 aromatic carbocycles. The molecule has 1 unspecified atom stereocenters. The second kappa shape index (κ2) is 6.64. The molecule has 5 heteroatoms. The van der Waals surface area contributed by atoms with E-state index in [1.807, 2.05) is 24.1 Å². The van der Waals surface area contributed by atoms with Gasteiger partial charge in [0.1, 0.15) is 0 Å². The number of nitrogens with one attached hydrogen (secondary N) is 1. The highest BCUT2D eigenvalue weighted by atomic mass is 16.2. The van der Waals surface area contributed by atoms with Gasteiger partial charge in [-0.15, -0.1) is 0 Å². The first-order valence-electron chi connectivity index (χ1n) is 9.20. The number of likely N-dealkylation sites (tertiary alicyclic amines) is 1. The van der Waals surface area contributed by atoms with Crippen LogP contribution < -0.4 is 5.32 Å². The van der Waals surface area contributed by atoms with Gasteiger partial charge in [-0.1, -0.05) is 29.8 Å². The monoisotopic (exact) mass is 338 g/mol. The molecule has 25 heavy (non-hydrogen) atoms. The molecule has 5 nitrogen and oxygen atoms in total. The van der Waals surface area contributed by atoms with Crippen LogP contribution in [0.15, 0.2) is 36.7 Å². The molecule has 4 rings (SSSR count). The van der Waals surface area contributed by atoms with Crippen molar-refractivity contribution in [2.75, 3.05) is 19.6 Å². The molecule has 1 N–H and O–H groups in total. The Bertz CT molecular complexity index is 769. The zero-order valence-electron chi connectivity index (χ0n) is 15.0. The minimum absolute atomic E-state index is 0.00890. The molecule has 132 valence electrons. The third kappa shape index (κ3) is 3.09. The second-order valence-corrected chi connectivity index (χ2v) is 7.42. The number of carbonyl (C=O) groups excluding carboxylic acids is 1. The third-order valence-electron chi connectivity index (χ3n) is 5.65. The highest BCUT2D eigenvalue weighted by Gasteiger charge is 2.40. The highest BCUT2D eigenvalue weighted by molar-refractivity contribution is 5.81. The van der Waals surface area contributed by atoms with Crippen LogP contribution in [0, 0.1) is 12.8 Å². The number of rotatable bonds is 3. The normalized spacial score (nSPS) is 26.3. The molecular weight excluding hydrogens is 312 g/mol. The summed E-state index contributed by atoms with van der Waals surface area (Å²) < 4.78 is 1.82. The van der Waals surface area contributed by atoms with Crippen molar-refractivity contribution in [3.8, 4) is 0 Å². The Morgan fingerprint density at radius 3 is 2.92 bits per heavy atom. The Hall–Kier alpha value is -2.14. The van der Waals surface area contributed by atoms with Crippen LogP contribution in [0.4, 0.5) is 0 Å². The zero-order chi connectivity index (χ0) is 17.4. The van der Waals surface area contributed by atoms with E-state index in [1.54, 1.807) is 0 Å². The van der Waals surface area contributed by atoms with Crippen LogP contribution in [0.5, 0.6) is 0 Å². The van der Waals surface area contributed by atoms with E-state index in [2.05, 4.69) is 46.5 Å². The van der Waals surface area contributed by atoms with Gasteiger partial charge in [0.15, 0.2) is 0 Å². The SMILES string of the molecule is Cc1cccc(C2CCCN2C(=O)[C@H]2CNC[C@@H]2c2cnn(C)c2)c1. The van der Waals surface area contributed by atoms with E-state index in [9.17, 15) is 4.79 Å². The van der Waals surface area contributed by atoms with E-state index in [-0.39, 0.29) is 17.9 Å². The fourth-order valence-corrected chi connectivity index (χ4v) is 4.39. The number of hydrogen-bond acceptors (Lipinski definition) is 3. The van der Waals surface area contributed by atoms with Gasteiger partial charge in [-0.2, -0.15) is 5.10 Å². The van der Waals surface area contributed by atoms with Crippen molar-refractivity contribution in [3.05, 3.63) is 53.3 Å². The van der Waals surface area contributed by atoms with E-state index < -0.39 is 0 Å². The minimum atomic E-state index is 0.00890. The molecule has 2 aliphatic rings. The summed E-state index contributed by atoms with van der Waals surface area (Å²) >= 11 is 0. The molecule has 0 saturated carbocycles. The molecule has 3 heterocycles. The number of benzene rings is 1. The van der Waals surface area contributed by atoms with E-state index in [0.717, 1.165) is 38.0 Å². The highest BCUT2D eigenvalue weighted by Crippen LogP contribution is 2.37. The molecule has 1 amide bonds. The van der Waals surface area contributed by atoms with Crippen LogP contribution in [0.3, 0.4) is 0 Å². The Labute approximate surface area is 149 Å². The van der Waals surface area contributed by atoms with E-state index in [0.29, 0.717) is 5.91 Å². The molecular formula is C20H26N4O. The Morgan fingerprint density at radius 2 is 2.16 bits per heavy atom. The molecule has 0 aliphatic carbocycles. The van der Waals surface area contributed by atoms with E-state index in [1.165, 1.54) is 11.1 Å². The summed E-state index contributed by atoms with van der Waals surface area (Å²) in [4.78, 5) is 15.5. The summed E-state index contributed by atoms with van der Waals surface area (Å²) in [6, 6.07) is 8.82. The fraction of sp³-hybridized carbons (Fsp3) is 0.500. The van der Waals surface area contributed by atoms with E-state index >= 15 is 0 Å². The average Bonchev–Trinajstić information content (AvgIpc) is 3.34. The fourth-order valence-electron chi connectivity index (χ4n) is 4.39. The van der Waals surface area contributed by atoms with Crippen LogP contribution in [0.2, 0.25) is 0 Å². The van der Waals surface area contributed by atoms with Gasteiger partial charge in [0.05, 0.1) is 18.2 Å². The van der Waals surface area contributed by atoms with Crippen molar-refractivity contribution < 1.29 is 4.79 Å². The lowest BCUT2D eigenvalue weighted by molar-refractivity contribution is -0.136. The lowest BCUT2D eigenvalue weighted by atomic mass is 9.89. The summed E-state index contributed by atoms with van der Waals surface area (Å²) in [7, 11) is 1.93. The predicted molar refractivity (Wildman–Crippen MR) is 97.2 cm³/mol. The summed E-state index contributed by atoms with van der Waals surface area (Å²) in [5.74, 6) is 0.525. The van der Waals surface area contributed by atoms with Gasteiger partial charge in [0.25, 0.3) is 0 Å². The third-order valence-corrected chi connectivity index (χ3v) is 5.65. The second-order valence-electron chi connectivity index (χ2n) is 7.42. The zero-order valence-corrected chi connectivity index (χ0v) is 15.0. The molecule has 3 atom stereocenters. The van der Waals surface area contributed by atoms with Gasteiger partial charge in [0, 0.05) is 38.8 Å². The van der Waals surface area contributed by atoms with Crippen LogP contribution in [-0.2, 0) is 11.8 Å². The molecule has 2 aromatic rings. The molecule has 0 bridgehead atoms. The maximum absolute atomic E-state index is 13.4. The van der Waals surface area contributed by atoms with Crippen molar-refractivity contribution in [2.24, 2.45) is 13.0 Å². The Balaban J connectivity index is 1.56. The maximum Gasteiger partial charge on any atom is 0.228 e. The summed E-state index contributed by atoms with van der Waals surface area (Å²) in [6.07, 6.45) is 6.09. The molecule has 0 radical (unpaired) electrons. The van der Waals surface area contributed by atoms with Crippen molar-refractivity contribution >= 4 is 5.91 Å². The number of hydrogen-bond donors (Lipinski definition) is 1. The van der Waals surface area contributed by atoms with Gasteiger partial charge in [-0.25, -0.2) is 0 Å². The largest absolute Gasteiger partial charge is 0.335 e. The van der Waals surface area contributed by atoms with Crippen molar-refractivity contribution in [1.82, 2.24) is 20.0 Å². The molecule has 0 spiro atoms. The minimum Gasteiger partial charge on any atom is -0.335 e. The van der Waals surface area contributed by atoms with Crippen LogP contribution in [0.1, 0.15) is 41.5 Å². The lowest BCUT2D eigenvalue weighted by Gasteiger charge is -2.29. The number of nitrogens with zero attached hydrogens (tertiary/aromatic N) is 3.